The van der Waals surface area contributed by atoms with Crippen LogP contribution in [0.15, 0.2) is 35.4 Å². The lowest BCUT2D eigenvalue weighted by Crippen LogP contribution is -2.51. The van der Waals surface area contributed by atoms with Gasteiger partial charge in [-0.05, 0) is 30.5 Å². The number of hydrogen-bond donors (Lipinski definition) is 1. The molecule has 4 rings (SSSR count). The molecule has 1 aromatic carbocycles. The quantitative estimate of drug-likeness (QED) is 0.875. The zero-order valence-electron chi connectivity index (χ0n) is 15.2. The first-order valence-corrected chi connectivity index (χ1v) is 9.17. The van der Waals surface area contributed by atoms with E-state index in [1.807, 2.05) is 6.92 Å². The lowest BCUT2D eigenvalue weighted by molar-refractivity contribution is 0.0522. The number of H-pyrrole nitrogens is 1. The molecule has 6 nitrogen and oxygen atoms in total. The van der Waals surface area contributed by atoms with Gasteiger partial charge in [-0.1, -0.05) is 13.0 Å². The Balaban J connectivity index is 1.51. The van der Waals surface area contributed by atoms with Crippen LogP contribution in [-0.4, -0.2) is 51.8 Å². The van der Waals surface area contributed by atoms with Crippen molar-refractivity contribution in [1.29, 1.82) is 0 Å². The number of carbonyl (C=O) groups excluding carboxylic acids is 2. The van der Waals surface area contributed by atoms with E-state index in [0.29, 0.717) is 12.8 Å². The molecule has 2 aliphatic rings. The molecule has 146 valence electrons. The number of halogens is 2. The Morgan fingerprint density at radius 1 is 1.04 bits per heavy atom. The summed E-state index contributed by atoms with van der Waals surface area (Å²) in [5.41, 5.74) is -0.373. The van der Waals surface area contributed by atoms with Gasteiger partial charge in [-0.2, -0.15) is 0 Å². The highest BCUT2D eigenvalue weighted by atomic mass is 19.1. The summed E-state index contributed by atoms with van der Waals surface area (Å²) in [4.78, 5) is 42.8. The molecule has 2 atom stereocenters. The van der Waals surface area contributed by atoms with E-state index in [1.54, 1.807) is 11.0 Å². The minimum atomic E-state index is -1.02. The van der Waals surface area contributed by atoms with Gasteiger partial charge in [0.2, 0.25) is 5.43 Å². The van der Waals surface area contributed by atoms with Crippen LogP contribution in [0.5, 0.6) is 0 Å². The minimum Gasteiger partial charge on any atom is -0.364 e. The largest absolute Gasteiger partial charge is 0.364 e. The Morgan fingerprint density at radius 3 is 2.25 bits per heavy atom. The summed E-state index contributed by atoms with van der Waals surface area (Å²) in [7, 11) is 0. The number of nitrogens with one attached hydrogen (secondary N) is 1. The van der Waals surface area contributed by atoms with Crippen LogP contribution in [-0.2, 0) is 6.42 Å². The van der Waals surface area contributed by atoms with Crippen molar-refractivity contribution in [2.45, 2.75) is 31.8 Å². The summed E-state index contributed by atoms with van der Waals surface area (Å²) in [6.07, 6.45) is 3.32. The average molecular weight is 387 g/mol. The molecule has 2 aliphatic heterocycles. The number of rotatable bonds is 3. The number of benzene rings is 1. The van der Waals surface area contributed by atoms with Crippen molar-refractivity contribution in [3.8, 4) is 0 Å². The molecule has 2 amide bonds. The molecular weight excluding hydrogens is 368 g/mol. The van der Waals surface area contributed by atoms with E-state index in [-0.39, 0.29) is 36.3 Å². The van der Waals surface area contributed by atoms with Crippen LogP contribution in [0.1, 0.15) is 39.6 Å². The standard InChI is InChI=1S/C20H19F2N3O3/c1-2-11-3-4-14(16(21)5-11)19(27)24-9-13-6-12(24)10-25(13)20(28)15-7-23-8-17(22)18(15)26/h3-5,7-8,12-13H,2,6,9-10H2,1H3,(H,23,26)/t12-,13-/m0/s1. The maximum atomic E-state index is 14.3. The van der Waals surface area contributed by atoms with Crippen molar-refractivity contribution in [3.63, 3.8) is 0 Å². The fourth-order valence-electron chi connectivity index (χ4n) is 4.04. The van der Waals surface area contributed by atoms with Gasteiger partial charge in [0.15, 0.2) is 5.82 Å². The minimum absolute atomic E-state index is 0.0178. The maximum Gasteiger partial charge on any atom is 0.259 e. The van der Waals surface area contributed by atoms with E-state index in [1.165, 1.54) is 23.2 Å². The summed E-state index contributed by atoms with van der Waals surface area (Å²) < 4.78 is 27.8. The highest BCUT2D eigenvalue weighted by molar-refractivity contribution is 5.97. The number of aromatic amines is 1. The molecule has 0 radical (unpaired) electrons. The van der Waals surface area contributed by atoms with Gasteiger partial charge in [0, 0.05) is 25.5 Å². The highest BCUT2D eigenvalue weighted by Gasteiger charge is 2.48. The molecule has 2 bridgehead atoms. The summed E-state index contributed by atoms with van der Waals surface area (Å²) in [6.45, 7) is 2.41. The van der Waals surface area contributed by atoms with Crippen molar-refractivity contribution in [2.75, 3.05) is 13.1 Å². The number of piperazine rings is 1. The van der Waals surface area contributed by atoms with Crippen molar-refractivity contribution in [1.82, 2.24) is 14.8 Å². The number of fused-ring (bicyclic) bond motifs is 2. The zero-order chi connectivity index (χ0) is 20.0. The number of carbonyl (C=O) groups is 2. The summed E-state index contributed by atoms with van der Waals surface area (Å²) in [5, 5.41) is 0. The number of pyridine rings is 1. The molecular formula is C20H19F2N3O3. The molecule has 3 heterocycles. The topological polar surface area (TPSA) is 73.5 Å². The average Bonchev–Trinajstić information content (AvgIpc) is 3.30. The van der Waals surface area contributed by atoms with Crippen molar-refractivity contribution < 1.29 is 18.4 Å². The molecule has 2 aromatic rings. The fraction of sp³-hybridized carbons (Fsp3) is 0.350. The summed E-state index contributed by atoms with van der Waals surface area (Å²) >= 11 is 0. The number of hydrogen-bond acceptors (Lipinski definition) is 3. The van der Waals surface area contributed by atoms with Gasteiger partial charge in [0.25, 0.3) is 11.8 Å². The number of aryl methyl sites for hydroxylation is 1. The van der Waals surface area contributed by atoms with Crippen LogP contribution in [0.25, 0.3) is 0 Å². The normalized spacial score (nSPS) is 20.7. The predicted octanol–water partition coefficient (Wildman–Crippen LogP) is 1.95. The van der Waals surface area contributed by atoms with Crippen molar-refractivity contribution in [2.24, 2.45) is 0 Å². The second-order valence-electron chi connectivity index (χ2n) is 7.17. The third-order valence-corrected chi connectivity index (χ3v) is 5.56. The second kappa shape index (κ2) is 6.85. The fourth-order valence-corrected chi connectivity index (χ4v) is 4.04. The molecule has 0 spiro atoms. The lowest BCUT2D eigenvalue weighted by Gasteiger charge is -2.34. The maximum absolute atomic E-state index is 14.3. The highest BCUT2D eigenvalue weighted by Crippen LogP contribution is 2.33. The Labute approximate surface area is 159 Å². The van der Waals surface area contributed by atoms with E-state index >= 15 is 0 Å². The van der Waals surface area contributed by atoms with E-state index in [0.717, 1.165) is 11.8 Å². The van der Waals surface area contributed by atoms with Gasteiger partial charge >= 0.3 is 0 Å². The van der Waals surface area contributed by atoms with Crippen molar-refractivity contribution >= 4 is 11.8 Å². The Morgan fingerprint density at radius 2 is 1.68 bits per heavy atom. The smallest absolute Gasteiger partial charge is 0.259 e. The number of nitrogens with zero attached hydrogens (tertiary/aromatic N) is 2. The van der Waals surface area contributed by atoms with Crippen LogP contribution < -0.4 is 5.43 Å². The van der Waals surface area contributed by atoms with Crippen molar-refractivity contribution in [3.05, 3.63) is 69.1 Å². The van der Waals surface area contributed by atoms with Gasteiger partial charge in [-0.15, -0.1) is 0 Å². The van der Waals surface area contributed by atoms with Gasteiger partial charge < -0.3 is 14.8 Å². The van der Waals surface area contributed by atoms with Crippen LogP contribution in [0, 0.1) is 11.6 Å². The summed E-state index contributed by atoms with van der Waals surface area (Å²) in [5.74, 6) is -2.52. The van der Waals surface area contributed by atoms with Crippen LogP contribution in [0.4, 0.5) is 8.78 Å². The van der Waals surface area contributed by atoms with Gasteiger partial charge in [-0.3, -0.25) is 14.4 Å². The number of amides is 2. The first kappa shape index (κ1) is 18.3. The van der Waals surface area contributed by atoms with E-state index in [2.05, 4.69) is 4.98 Å². The van der Waals surface area contributed by atoms with E-state index in [4.69, 9.17) is 0 Å². The van der Waals surface area contributed by atoms with E-state index < -0.39 is 28.9 Å². The lowest BCUT2D eigenvalue weighted by atomic mass is 10.1. The first-order valence-electron chi connectivity index (χ1n) is 9.17. The molecule has 8 heteroatoms. The molecule has 0 unspecified atom stereocenters. The van der Waals surface area contributed by atoms with Gasteiger partial charge in [0.1, 0.15) is 11.4 Å². The molecule has 1 N–H and O–H groups in total. The summed E-state index contributed by atoms with van der Waals surface area (Å²) in [6, 6.07) is 4.07. The molecule has 0 aliphatic carbocycles. The molecule has 1 aromatic heterocycles. The Kier molecular flexibility index (Phi) is 4.49. The third-order valence-electron chi connectivity index (χ3n) is 5.56. The predicted molar refractivity (Wildman–Crippen MR) is 97.1 cm³/mol. The molecule has 2 fully saturated rings. The Hall–Kier alpha value is -3.03. The number of aromatic nitrogens is 1. The first-order chi connectivity index (χ1) is 13.4. The third kappa shape index (κ3) is 2.89. The van der Waals surface area contributed by atoms with Gasteiger partial charge in [0.05, 0.1) is 17.6 Å². The molecule has 0 saturated carbocycles. The zero-order valence-corrected chi connectivity index (χ0v) is 15.2. The van der Waals surface area contributed by atoms with E-state index in [9.17, 15) is 23.2 Å². The van der Waals surface area contributed by atoms with Crippen LogP contribution in [0.2, 0.25) is 0 Å². The molecule has 28 heavy (non-hydrogen) atoms. The van der Waals surface area contributed by atoms with Crippen LogP contribution in [0.3, 0.4) is 0 Å². The monoisotopic (exact) mass is 387 g/mol. The Bertz CT molecular complexity index is 1020. The van der Waals surface area contributed by atoms with Crippen LogP contribution >= 0.6 is 0 Å². The SMILES string of the molecule is CCc1ccc(C(=O)N2C[C@@H]3C[C@H]2CN3C(=O)c2c[nH]cc(F)c2=O)c(F)c1. The number of likely N-dealkylation sites (tertiary alicyclic amines) is 2. The second-order valence-corrected chi connectivity index (χ2v) is 7.17. The molecule has 2 saturated heterocycles. The van der Waals surface area contributed by atoms with Gasteiger partial charge in [-0.25, -0.2) is 8.78 Å².